The highest BCUT2D eigenvalue weighted by Gasteiger charge is 2.70. The van der Waals surface area contributed by atoms with E-state index in [1.807, 2.05) is 13.0 Å². The lowest BCUT2D eigenvalue weighted by Gasteiger charge is -2.56. The van der Waals surface area contributed by atoms with E-state index in [1.54, 1.807) is 24.3 Å². The summed E-state index contributed by atoms with van der Waals surface area (Å²) in [5.74, 6) is 0.120. The van der Waals surface area contributed by atoms with Crippen LogP contribution in [0.15, 0.2) is 46.6 Å². The molecule has 0 heterocycles. The summed E-state index contributed by atoms with van der Waals surface area (Å²) in [6.07, 6.45) is 3.32. The Morgan fingerprint density at radius 1 is 1.09 bits per heavy atom. The van der Waals surface area contributed by atoms with E-state index in [0.717, 1.165) is 24.8 Å². The first-order valence-corrected chi connectivity index (χ1v) is 16.7. The highest BCUT2D eigenvalue weighted by molar-refractivity contribution is 7.93. The van der Waals surface area contributed by atoms with E-state index >= 15 is 0 Å². The molecule has 7 heteroatoms. The van der Waals surface area contributed by atoms with Gasteiger partial charge in [-0.05, 0) is 86.2 Å². The molecular weight excluding hydrogens is 464 g/mol. The number of methoxy groups -OCH3 is 1. The van der Waals surface area contributed by atoms with Crippen LogP contribution in [0, 0.1) is 16.7 Å². The fraction of sp³-hybridized carbons (Fsp3) is 0.667. The molecule has 0 spiro atoms. The Kier molecular flexibility index (Phi) is 5.77. The molecule has 34 heavy (non-hydrogen) atoms. The number of carbonyl (C=O) groups is 1. The Bertz CT molecular complexity index is 1130. The first kappa shape index (κ1) is 25.5. The number of rotatable bonds is 5. The van der Waals surface area contributed by atoms with Crippen molar-refractivity contribution in [3.63, 3.8) is 0 Å². The quantitative estimate of drug-likeness (QED) is 0.349. The summed E-state index contributed by atoms with van der Waals surface area (Å²) < 4.78 is 40.3. The van der Waals surface area contributed by atoms with Crippen LogP contribution < -0.4 is 0 Å². The van der Waals surface area contributed by atoms with E-state index in [2.05, 4.69) is 40.8 Å². The number of benzene rings is 1. The molecule has 1 aromatic rings. The number of esters is 1. The van der Waals surface area contributed by atoms with Crippen LogP contribution in [0.2, 0.25) is 18.1 Å². The van der Waals surface area contributed by atoms with Crippen molar-refractivity contribution in [2.24, 2.45) is 16.7 Å². The van der Waals surface area contributed by atoms with Crippen LogP contribution in [-0.2, 0) is 23.8 Å². The molecule has 0 aliphatic heterocycles. The molecule has 0 aromatic heterocycles. The maximum absolute atomic E-state index is 14.7. The van der Waals surface area contributed by atoms with Gasteiger partial charge in [0.1, 0.15) is 10.5 Å². The molecule has 4 atom stereocenters. The van der Waals surface area contributed by atoms with Crippen LogP contribution in [-0.4, -0.2) is 34.6 Å². The minimum Gasteiger partial charge on any atom is -0.545 e. The van der Waals surface area contributed by atoms with Gasteiger partial charge in [0.15, 0.2) is 9.84 Å². The van der Waals surface area contributed by atoms with Gasteiger partial charge in [0, 0.05) is 0 Å². The first-order chi connectivity index (χ1) is 15.5. The van der Waals surface area contributed by atoms with Gasteiger partial charge < -0.3 is 9.16 Å². The first-order valence-electron chi connectivity index (χ1n) is 12.4. The van der Waals surface area contributed by atoms with Crippen LogP contribution in [0.1, 0.15) is 66.7 Å². The molecule has 0 N–H and O–H groups in total. The molecule has 0 unspecified atom stereocenters. The molecule has 0 bridgehead atoms. The molecule has 1 aromatic carbocycles. The minimum atomic E-state index is -3.86. The topological polar surface area (TPSA) is 69.7 Å². The van der Waals surface area contributed by atoms with Crippen molar-refractivity contribution in [2.45, 2.75) is 94.5 Å². The van der Waals surface area contributed by atoms with Crippen LogP contribution in [0.5, 0.6) is 0 Å². The lowest BCUT2D eigenvalue weighted by molar-refractivity contribution is -0.151. The third kappa shape index (κ3) is 3.44. The molecule has 3 aliphatic rings. The average Bonchev–Trinajstić information content (AvgIpc) is 3.05. The summed E-state index contributed by atoms with van der Waals surface area (Å²) in [4.78, 5) is 13.3. The highest BCUT2D eigenvalue weighted by Crippen LogP contribution is 2.69. The van der Waals surface area contributed by atoms with E-state index in [1.165, 1.54) is 7.11 Å². The Balaban J connectivity index is 2.01. The molecule has 2 fully saturated rings. The van der Waals surface area contributed by atoms with Crippen molar-refractivity contribution < 1.29 is 22.4 Å². The molecule has 3 aliphatic carbocycles. The van der Waals surface area contributed by atoms with E-state index in [0.29, 0.717) is 17.1 Å². The number of fused-ring (bicyclic) bond motifs is 2. The second-order valence-electron chi connectivity index (χ2n) is 12.8. The Labute approximate surface area is 206 Å². The molecule has 5 nitrogen and oxygen atoms in total. The summed E-state index contributed by atoms with van der Waals surface area (Å²) in [6, 6.07) is 8.72. The molecular formula is C27H40O5SSi. The fourth-order valence-electron chi connectivity index (χ4n) is 6.30. The average molecular weight is 505 g/mol. The third-order valence-corrected chi connectivity index (χ3v) is 16.2. The van der Waals surface area contributed by atoms with Gasteiger partial charge in [-0.2, -0.15) is 0 Å². The lowest BCUT2D eigenvalue weighted by Crippen LogP contribution is -2.56. The van der Waals surface area contributed by atoms with Gasteiger partial charge in [-0.15, -0.1) is 0 Å². The lowest BCUT2D eigenvalue weighted by atomic mass is 9.56. The maximum Gasteiger partial charge on any atom is 0.311 e. The Hall–Kier alpha value is -1.60. The predicted octanol–water partition coefficient (Wildman–Crippen LogP) is 6.27. The zero-order valence-corrected chi connectivity index (χ0v) is 23.8. The largest absolute Gasteiger partial charge is 0.545 e. The van der Waals surface area contributed by atoms with Crippen molar-refractivity contribution in [1.29, 1.82) is 0 Å². The normalized spacial score (nSPS) is 33.6. The van der Waals surface area contributed by atoms with E-state index < -0.39 is 28.3 Å². The van der Waals surface area contributed by atoms with Crippen molar-refractivity contribution >= 4 is 24.1 Å². The molecule has 0 saturated heterocycles. The Morgan fingerprint density at radius 3 is 2.21 bits per heavy atom. The summed E-state index contributed by atoms with van der Waals surface area (Å²) in [6.45, 7) is 15.0. The van der Waals surface area contributed by atoms with Crippen LogP contribution >= 0.6 is 0 Å². The van der Waals surface area contributed by atoms with Crippen molar-refractivity contribution in [3.05, 3.63) is 41.7 Å². The standard InChI is InChI=1S/C27H40O5SSi/c1-24(2,3)34(7,8)32-22-21-14-15-25(21,4)16-19-17-26(5,23(28)31-6)18-27(19,22)33(29,30)20-12-10-9-11-13-20/h9-13,19H,14-18H2,1-8H3/t19-,25+,26+,27-/m1/s1. The number of hydrogen-bond acceptors (Lipinski definition) is 5. The van der Waals surface area contributed by atoms with Gasteiger partial charge in [-0.3, -0.25) is 4.79 Å². The van der Waals surface area contributed by atoms with Gasteiger partial charge in [-0.1, -0.05) is 45.9 Å². The second-order valence-corrected chi connectivity index (χ2v) is 19.7. The monoisotopic (exact) mass is 504 g/mol. The van der Waals surface area contributed by atoms with Crippen LogP contribution in [0.3, 0.4) is 0 Å². The number of sulfone groups is 1. The van der Waals surface area contributed by atoms with Gasteiger partial charge in [0.25, 0.3) is 0 Å². The Morgan fingerprint density at radius 2 is 1.71 bits per heavy atom. The number of carbonyl (C=O) groups excluding carboxylic acids is 1. The summed E-state index contributed by atoms with van der Waals surface area (Å²) in [7, 11) is -4.83. The molecule has 0 radical (unpaired) electrons. The van der Waals surface area contributed by atoms with Crippen molar-refractivity contribution in [3.8, 4) is 0 Å². The third-order valence-electron chi connectivity index (χ3n) is 9.39. The molecule has 0 amide bonds. The predicted molar refractivity (Wildman–Crippen MR) is 136 cm³/mol. The van der Waals surface area contributed by atoms with Crippen molar-refractivity contribution in [2.75, 3.05) is 7.11 Å². The SMILES string of the molecule is COC(=O)[C@@]1(C)C[C@H]2C[C@]3(C)CCC3=C(O[Si](C)(C)C(C)(C)C)[C@@]2(S(=O)(=O)c2ccccc2)C1. The fourth-order valence-corrected chi connectivity index (χ4v) is 9.96. The number of allylic oxidation sites excluding steroid dienone is 1. The van der Waals surface area contributed by atoms with E-state index in [-0.39, 0.29) is 28.8 Å². The van der Waals surface area contributed by atoms with Gasteiger partial charge in [-0.25, -0.2) is 8.42 Å². The highest BCUT2D eigenvalue weighted by atomic mass is 32.2. The van der Waals surface area contributed by atoms with Crippen molar-refractivity contribution in [1.82, 2.24) is 0 Å². The zero-order chi connectivity index (χ0) is 25.4. The summed E-state index contributed by atoms with van der Waals surface area (Å²) in [5, 5.41) is -0.0877. The summed E-state index contributed by atoms with van der Waals surface area (Å²) >= 11 is 0. The van der Waals surface area contributed by atoms with Gasteiger partial charge in [0.05, 0.1) is 17.4 Å². The summed E-state index contributed by atoms with van der Waals surface area (Å²) in [5.41, 5.74) is 0.200. The molecule has 188 valence electrons. The molecule has 2 saturated carbocycles. The zero-order valence-electron chi connectivity index (χ0n) is 21.9. The number of ether oxygens (including phenoxy) is 1. The minimum absolute atomic E-state index is 0.0700. The van der Waals surface area contributed by atoms with Crippen LogP contribution in [0.25, 0.3) is 0 Å². The van der Waals surface area contributed by atoms with E-state index in [9.17, 15) is 13.2 Å². The number of hydrogen-bond donors (Lipinski definition) is 0. The molecule has 4 rings (SSSR count). The van der Waals surface area contributed by atoms with Gasteiger partial charge >= 0.3 is 5.97 Å². The van der Waals surface area contributed by atoms with Crippen LogP contribution in [0.4, 0.5) is 0 Å². The second kappa shape index (κ2) is 7.70. The van der Waals surface area contributed by atoms with E-state index in [4.69, 9.17) is 9.16 Å². The van der Waals surface area contributed by atoms with Gasteiger partial charge in [0.2, 0.25) is 8.32 Å². The maximum atomic E-state index is 14.7. The smallest absolute Gasteiger partial charge is 0.311 e.